The van der Waals surface area contributed by atoms with E-state index in [-0.39, 0.29) is 50.1 Å². The van der Waals surface area contributed by atoms with Crippen LogP contribution in [-0.4, -0.2) is 69.9 Å². The highest BCUT2D eigenvalue weighted by molar-refractivity contribution is 5.70. The van der Waals surface area contributed by atoms with E-state index in [0.717, 1.165) is 77.0 Å². The van der Waals surface area contributed by atoms with Crippen molar-refractivity contribution in [2.45, 2.75) is 213 Å². The molecule has 0 aromatic heterocycles. The molecule has 340 valence electrons. The summed E-state index contributed by atoms with van der Waals surface area (Å²) in [5.74, 6) is -0.736. The van der Waals surface area contributed by atoms with Crippen molar-refractivity contribution in [2.24, 2.45) is 5.41 Å². The first-order valence-electron chi connectivity index (χ1n) is 23.8. The van der Waals surface area contributed by atoms with Crippen molar-refractivity contribution in [3.05, 3.63) is 36.5 Å². The van der Waals surface area contributed by atoms with Gasteiger partial charge in [0, 0.05) is 19.3 Å². The molecule has 0 aliphatic carbocycles. The molecule has 0 rings (SSSR count). The number of carbonyl (C=O) groups excluding carboxylic acids is 3. The van der Waals surface area contributed by atoms with Crippen LogP contribution in [0.15, 0.2) is 36.5 Å². The van der Waals surface area contributed by atoms with Crippen LogP contribution in [-0.2, 0) is 28.6 Å². The van der Waals surface area contributed by atoms with Crippen LogP contribution in [0.2, 0.25) is 0 Å². The molecule has 0 heterocycles. The second-order valence-corrected chi connectivity index (χ2v) is 17.7. The lowest BCUT2D eigenvalue weighted by molar-refractivity contribution is -0.877. The Morgan fingerprint density at radius 2 is 0.638 bits per heavy atom. The lowest BCUT2D eigenvalue weighted by atomic mass is 9.89. The molecule has 8 heteroatoms. The third kappa shape index (κ3) is 40.7. The van der Waals surface area contributed by atoms with Crippen LogP contribution in [0.5, 0.6) is 0 Å². The number of hydrogen-bond donors (Lipinski definition) is 0. The first kappa shape index (κ1) is 58.0. The molecule has 58 heavy (non-hydrogen) atoms. The minimum Gasteiger partial charge on any atom is -1.00 e. The molecule has 0 radical (unpaired) electrons. The third-order valence-corrected chi connectivity index (χ3v) is 10.4. The Labute approximate surface area is 365 Å². The molecule has 7 nitrogen and oxygen atoms in total. The van der Waals surface area contributed by atoms with Gasteiger partial charge in [0.25, 0.3) is 0 Å². The zero-order valence-electron chi connectivity index (χ0n) is 38.8. The number of rotatable bonds is 41. The fourth-order valence-corrected chi connectivity index (χ4v) is 7.04. The molecule has 0 aliphatic heterocycles. The summed E-state index contributed by atoms with van der Waals surface area (Å²) in [6, 6.07) is 0. The Morgan fingerprint density at radius 3 is 0.897 bits per heavy atom. The van der Waals surface area contributed by atoms with E-state index < -0.39 is 5.41 Å². The number of halogens is 1. The van der Waals surface area contributed by atoms with E-state index >= 15 is 0 Å². The highest BCUT2D eigenvalue weighted by Crippen LogP contribution is 2.25. The van der Waals surface area contributed by atoms with Gasteiger partial charge < -0.3 is 31.1 Å². The summed E-state index contributed by atoms with van der Waals surface area (Å²) in [7, 11) is 6.18. The Balaban J connectivity index is 0. The van der Waals surface area contributed by atoms with E-state index in [4.69, 9.17) is 14.2 Å². The largest absolute Gasteiger partial charge is 1.00 e. The van der Waals surface area contributed by atoms with Crippen molar-refractivity contribution in [2.75, 3.05) is 47.5 Å². The van der Waals surface area contributed by atoms with Crippen molar-refractivity contribution in [3.8, 4) is 0 Å². The monoisotopic (exact) mass is 838 g/mol. The minimum atomic E-state index is -0.834. The van der Waals surface area contributed by atoms with Gasteiger partial charge in [0.15, 0.2) is 0 Å². The lowest BCUT2D eigenvalue weighted by Crippen LogP contribution is -3.00. The van der Waals surface area contributed by atoms with Gasteiger partial charge in [-0.3, -0.25) is 14.4 Å². The molecule has 0 saturated carbocycles. The fraction of sp³-hybridized carbons (Fsp3) is 0.820. The topological polar surface area (TPSA) is 78.9 Å². The Bertz CT molecular complexity index is 932. The molecule has 0 bridgehead atoms. The molecule has 0 unspecified atom stereocenters. The van der Waals surface area contributed by atoms with Crippen LogP contribution in [0.4, 0.5) is 0 Å². The number of quaternary nitrogens is 1. The third-order valence-electron chi connectivity index (χ3n) is 10.4. The van der Waals surface area contributed by atoms with E-state index in [1.165, 1.54) is 96.3 Å². The van der Waals surface area contributed by atoms with Crippen LogP contribution >= 0.6 is 0 Å². The van der Waals surface area contributed by atoms with E-state index in [9.17, 15) is 14.4 Å². The highest BCUT2D eigenvalue weighted by Gasteiger charge is 2.41. The summed E-state index contributed by atoms with van der Waals surface area (Å²) in [5, 5.41) is 0. The maximum Gasteiger partial charge on any atom is 0.305 e. The molecule has 0 fully saturated rings. The Morgan fingerprint density at radius 1 is 0.397 bits per heavy atom. The summed E-state index contributed by atoms with van der Waals surface area (Å²) < 4.78 is 18.3. The molecular weight excluding hydrogens is 746 g/mol. The second kappa shape index (κ2) is 41.6. The van der Waals surface area contributed by atoms with E-state index in [0.29, 0.717) is 30.3 Å². The molecule has 0 aromatic carbocycles. The summed E-state index contributed by atoms with van der Waals surface area (Å²) >= 11 is 0. The molecule has 0 aliphatic rings. The SMILES string of the molecule is CCCC/C=C\CCCCCCCC(=O)OCC(COC(=O)CCCCCCC/C=C\CCCC)(COC(=O)CCCCCCC/C=C\CCCC)C[N+](C)(C)C.[Cl-]. The summed E-state index contributed by atoms with van der Waals surface area (Å²) in [6.45, 7) is 7.33. The highest BCUT2D eigenvalue weighted by atomic mass is 35.5. The zero-order chi connectivity index (χ0) is 42.1. The molecule has 0 amide bonds. The summed E-state index contributed by atoms with van der Waals surface area (Å²) in [5.41, 5.74) is -0.834. The number of esters is 3. The van der Waals surface area contributed by atoms with E-state index in [1.807, 2.05) is 0 Å². The Hall–Kier alpha value is -2.12. The van der Waals surface area contributed by atoms with Crippen molar-refractivity contribution in [1.29, 1.82) is 0 Å². The smallest absolute Gasteiger partial charge is 0.305 e. The normalized spacial score (nSPS) is 12.1. The number of carbonyl (C=O) groups is 3. The van der Waals surface area contributed by atoms with Gasteiger partial charge in [-0.05, 0) is 77.0 Å². The van der Waals surface area contributed by atoms with Gasteiger partial charge >= 0.3 is 17.9 Å². The van der Waals surface area contributed by atoms with Crippen LogP contribution in [0.3, 0.4) is 0 Å². The predicted octanol–water partition coefficient (Wildman–Crippen LogP) is 10.7. The second-order valence-electron chi connectivity index (χ2n) is 17.7. The van der Waals surface area contributed by atoms with Gasteiger partial charge in [-0.25, -0.2) is 0 Å². The van der Waals surface area contributed by atoms with Crippen LogP contribution in [0.1, 0.15) is 213 Å². The van der Waals surface area contributed by atoms with Crippen molar-refractivity contribution in [3.63, 3.8) is 0 Å². The minimum absolute atomic E-state index is 0. The van der Waals surface area contributed by atoms with Gasteiger partial charge in [0.1, 0.15) is 25.2 Å². The average molecular weight is 839 g/mol. The molecular formula is C50H92ClNO6. The predicted molar refractivity (Wildman–Crippen MR) is 241 cm³/mol. The fourth-order valence-electron chi connectivity index (χ4n) is 7.04. The van der Waals surface area contributed by atoms with Crippen LogP contribution in [0, 0.1) is 5.41 Å². The van der Waals surface area contributed by atoms with Gasteiger partial charge in [0.2, 0.25) is 0 Å². The van der Waals surface area contributed by atoms with Crippen molar-refractivity contribution >= 4 is 17.9 Å². The number of unbranched alkanes of at least 4 members (excludes halogenated alkanes) is 21. The maximum atomic E-state index is 13.0. The zero-order valence-corrected chi connectivity index (χ0v) is 39.5. The molecule has 0 atom stereocenters. The number of hydrogen-bond acceptors (Lipinski definition) is 6. The van der Waals surface area contributed by atoms with E-state index in [2.05, 4.69) is 78.4 Å². The first-order valence-corrected chi connectivity index (χ1v) is 23.8. The molecule has 0 N–H and O–H groups in total. The van der Waals surface area contributed by atoms with Crippen LogP contribution in [0.25, 0.3) is 0 Å². The lowest BCUT2D eigenvalue weighted by Gasteiger charge is -2.38. The Kier molecular flexibility index (Phi) is 41.6. The molecule has 0 saturated heterocycles. The first-order chi connectivity index (χ1) is 27.6. The standard InChI is InChI=1S/C50H92NO6.ClH/c1-7-10-13-16-19-22-25-28-31-34-37-40-47(52)55-44-50(43-51(4,5)6,45-56-48(53)41-38-35-32-29-26-23-20-17-14-11-8-2)46-57-49(54)42-39-36-33-30-27-24-21-18-15-12-9-3;/h16-21H,7-15,22-46H2,1-6H3;1H/q+1;/p-1/b19-16-,20-17-,21-18-;. The van der Waals surface area contributed by atoms with Gasteiger partial charge in [-0.1, -0.05) is 154 Å². The number of ether oxygens (including phenoxy) is 3. The van der Waals surface area contributed by atoms with Gasteiger partial charge in [-0.2, -0.15) is 0 Å². The number of allylic oxidation sites excluding steroid dienone is 6. The van der Waals surface area contributed by atoms with Crippen molar-refractivity contribution in [1.82, 2.24) is 0 Å². The van der Waals surface area contributed by atoms with Crippen LogP contribution < -0.4 is 12.4 Å². The summed E-state index contributed by atoms with van der Waals surface area (Å²) in [6.07, 6.45) is 45.1. The molecule has 0 spiro atoms. The van der Waals surface area contributed by atoms with Gasteiger partial charge in [-0.15, -0.1) is 0 Å². The van der Waals surface area contributed by atoms with Crippen molar-refractivity contribution < 1.29 is 45.5 Å². The molecule has 0 aromatic rings. The van der Waals surface area contributed by atoms with E-state index in [1.54, 1.807) is 0 Å². The maximum absolute atomic E-state index is 13.0. The quantitative estimate of drug-likeness (QED) is 0.0201. The average Bonchev–Trinajstić information content (AvgIpc) is 3.18. The number of nitrogens with zero attached hydrogens (tertiary/aromatic N) is 1. The van der Waals surface area contributed by atoms with Gasteiger partial charge in [0.05, 0.1) is 27.7 Å². The summed E-state index contributed by atoms with van der Waals surface area (Å²) in [4.78, 5) is 39.0.